The molecular weight excluding hydrogens is 602 g/mol. The number of rotatable bonds is 10. The van der Waals surface area contributed by atoms with E-state index in [4.69, 9.17) is 26.1 Å². The van der Waals surface area contributed by atoms with Crippen LogP contribution in [0.2, 0.25) is 5.02 Å². The number of benzene rings is 4. The lowest BCUT2D eigenvalue weighted by molar-refractivity contribution is -0.136. The van der Waals surface area contributed by atoms with Crippen LogP contribution in [0.1, 0.15) is 46.4 Å². The van der Waals surface area contributed by atoms with Gasteiger partial charge in [-0.25, -0.2) is 4.98 Å². The van der Waals surface area contributed by atoms with E-state index in [2.05, 4.69) is 43.3 Å². The molecular formula is C38H32ClNO4S. The van der Waals surface area contributed by atoms with E-state index in [1.807, 2.05) is 72.4 Å². The van der Waals surface area contributed by atoms with Crippen LogP contribution in [-0.4, -0.2) is 27.9 Å². The Kier molecular flexibility index (Phi) is 8.26. The van der Waals surface area contributed by atoms with E-state index >= 15 is 0 Å². The van der Waals surface area contributed by atoms with Crippen LogP contribution in [0.5, 0.6) is 11.5 Å². The highest BCUT2D eigenvalue weighted by Gasteiger charge is 2.38. The van der Waals surface area contributed by atoms with Crippen LogP contribution < -0.4 is 9.47 Å². The van der Waals surface area contributed by atoms with E-state index in [1.165, 1.54) is 32.7 Å². The van der Waals surface area contributed by atoms with Crippen molar-refractivity contribution in [3.8, 4) is 11.5 Å². The number of carboxylic acids is 1. The lowest BCUT2D eigenvalue weighted by atomic mass is 9.88. The summed E-state index contributed by atoms with van der Waals surface area (Å²) in [5.74, 6) is 0.730. The molecule has 0 fully saturated rings. The molecule has 5 nitrogen and oxygen atoms in total. The molecule has 7 rings (SSSR count). The third-order valence-electron chi connectivity index (χ3n) is 8.51. The van der Waals surface area contributed by atoms with Crippen molar-refractivity contribution in [2.24, 2.45) is 0 Å². The summed E-state index contributed by atoms with van der Waals surface area (Å²) in [7, 11) is 0. The molecule has 1 aliphatic heterocycles. The Morgan fingerprint density at radius 3 is 2.53 bits per heavy atom. The molecule has 7 heteroatoms. The fourth-order valence-electron chi connectivity index (χ4n) is 6.42. The topological polar surface area (TPSA) is 68.7 Å². The summed E-state index contributed by atoms with van der Waals surface area (Å²) in [6.45, 7) is 3.02. The first-order chi connectivity index (χ1) is 21.9. The van der Waals surface area contributed by atoms with E-state index in [9.17, 15) is 9.90 Å². The second-order valence-electron chi connectivity index (χ2n) is 11.6. The van der Waals surface area contributed by atoms with Gasteiger partial charge in [-0.3, -0.25) is 4.79 Å². The number of thioether (sulfide) groups is 1. The predicted molar refractivity (Wildman–Crippen MR) is 181 cm³/mol. The second-order valence-corrected chi connectivity index (χ2v) is 13.5. The molecule has 2 heterocycles. The largest absolute Gasteiger partial charge is 0.489 e. The molecule has 2 aliphatic rings. The highest BCUT2D eigenvalue weighted by Crippen LogP contribution is 2.55. The Hall–Kier alpha value is -4.26. The first-order valence-electron chi connectivity index (χ1n) is 15.1. The Bertz CT molecular complexity index is 1940. The van der Waals surface area contributed by atoms with Gasteiger partial charge in [0.2, 0.25) is 0 Å². The second kappa shape index (κ2) is 12.6. The van der Waals surface area contributed by atoms with Crippen LogP contribution in [-0.2, 0) is 30.7 Å². The quantitative estimate of drug-likeness (QED) is 0.166. The number of halogens is 1. The molecule has 0 saturated carbocycles. The van der Waals surface area contributed by atoms with Gasteiger partial charge < -0.3 is 14.6 Å². The highest BCUT2D eigenvalue weighted by atomic mass is 35.5. The maximum atomic E-state index is 11.5. The minimum atomic E-state index is -0.880. The van der Waals surface area contributed by atoms with Crippen molar-refractivity contribution < 1.29 is 19.4 Å². The Labute approximate surface area is 271 Å². The predicted octanol–water partition coefficient (Wildman–Crippen LogP) is 8.90. The maximum absolute atomic E-state index is 11.5. The van der Waals surface area contributed by atoms with Gasteiger partial charge in [-0.2, -0.15) is 0 Å². The molecule has 1 aromatic heterocycles. The molecule has 5 aromatic rings. The number of aromatic nitrogens is 1. The van der Waals surface area contributed by atoms with Gasteiger partial charge in [0.1, 0.15) is 24.7 Å². The van der Waals surface area contributed by atoms with Gasteiger partial charge in [-0.05, 0) is 71.5 Å². The smallest absolute Gasteiger partial charge is 0.307 e. The van der Waals surface area contributed by atoms with E-state index < -0.39 is 5.97 Å². The van der Waals surface area contributed by atoms with E-state index in [-0.39, 0.29) is 12.3 Å². The zero-order valence-corrected chi connectivity index (χ0v) is 26.4. The van der Waals surface area contributed by atoms with Crippen LogP contribution >= 0.6 is 23.4 Å². The van der Waals surface area contributed by atoms with Crippen molar-refractivity contribution in [3.05, 3.63) is 141 Å². The van der Waals surface area contributed by atoms with Crippen LogP contribution in [0, 0.1) is 0 Å². The molecule has 1 N–H and O–H groups in total. The first-order valence-corrected chi connectivity index (χ1v) is 16.4. The van der Waals surface area contributed by atoms with Crippen molar-refractivity contribution >= 4 is 45.1 Å². The summed E-state index contributed by atoms with van der Waals surface area (Å²) in [5.41, 5.74) is 8.72. The van der Waals surface area contributed by atoms with Crippen molar-refractivity contribution in [2.45, 2.75) is 44.0 Å². The number of pyridine rings is 1. The zero-order valence-electron chi connectivity index (χ0n) is 24.8. The standard InChI is InChI=1S/C38H32ClNO4S/c1-23-18-31-35(43-21-28-15-12-25-6-2-4-8-33(25)40-28)17-16-29-30(19-24-10-13-27(39)14-11-24)32(38(45-23)37(29)31)22-44-34-9-5-3-7-26(34)20-36(41)42/h2-17,23,30H,18-22H2,1H3,(H,41,42). The average Bonchev–Trinajstić information content (AvgIpc) is 3.33. The molecule has 1 aliphatic carbocycles. The van der Waals surface area contributed by atoms with Gasteiger partial charge in [-0.15, -0.1) is 11.8 Å². The fraction of sp³-hybridized carbons (Fsp3) is 0.211. The number of aliphatic carboxylic acids is 1. The lowest BCUT2D eigenvalue weighted by Crippen LogP contribution is -2.13. The average molecular weight is 634 g/mol. The van der Waals surface area contributed by atoms with Gasteiger partial charge in [-0.1, -0.05) is 79.2 Å². The maximum Gasteiger partial charge on any atom is 0.307 e. The lowest BCUT2D eigenvalue weighted by Gasteiger charge is -2.26. The van der Waals surface area contributed by atoms with Crippen molar-refractivity contribution in [1.82, 2.24) is 4.98 Å². The van der Waals surface area contributed by atoms with Gasteiger partial charge in [0.15, 0.2) is 0 Å². The Morgan fingerprint density at radius 2 is 1.69 bits per heavy atom. The number of hydrogen-bond acceptors (Lipinski definition) is 5. The fourth-order valence-corrected chi connectivity index (χ4v) is 7.91. The summed E-state index contributed by atoms with van der Waals surface area (Å²) in [6, 6.07) is 32.0. The van der Waals surface area contributed by atoms with Gasteiger partial charge >= 0.3 is 5.97 Å². The van der Waals surface area contributed by atoms with Crippen LogP contribution in [0.25, 0.3) is 15.8 Å². The molecule has 0 saturated heterocycles. The number of hydrogen-bond donors (Lipinski definition) is 1. The molecule has 2 unspecified atom stereocenters. The van der Waals surface area contributed by atoms with Crippen LogP contribution in [0.4, 0.5) is 0 Å². The number of carboxylic acid groups (broad SMARTS) is 1. The molecule has 45 heavy (non-hydrogen) atoms. The third kappa shape index (κ3) is 6.18. The summed E-state index contributed by atoms with van der Waals surface area (Å²) >= 11 is 8.12. The minimum Gasteiger partial charge on any atom is -0.489 e. The molecule has 2 atom stereocenters. The molecule has 0 spiro atoms. The zero-order chi connectivity index (χ0) is 30.9. The molecule has 4 aromatic carbocycles. The Morgan fingerprint density at radius 1 is 0.911 bits per heavy atom. The highest BCUT2D eigenvalue weighted by molar-refractivity contribution is 8.09. The molecule has 226 valence electrons. The van der Waals surface area contributed by atoms with E-state index in [0.29, 0.717) is 34.8 Å². The monoisotopic (exact) mass is 633 g/mol. The van der Waals surface area contributed by atoms with Crippen molar-refractivity contribution in [1.29, 1.82) is 0 Å². The van der Waals surface area contributed by atoms with Gasteiger partial charge in [0, 0.05) is 37.6 Å². The third-order valence-corrected chi connectivity index (χ3v) is 10.0. The van der Waals surface area contributed by atoms with E-state index in [0.717, 1.165) is 35.2 Å². The van der Waals surface area contributed by atoms with Gasteiger partial charge in [0.25, 0.3) is 0 Å². The minimum absolute atomic E-state index is 0.0841. The number of ether oxygens (including phenoxy) is 2. The molecule has 0 amide bonds. The number of carbonyl (C=O) groups is 1. The first kappa shape index (κ1) is 29.5. The summed E-state index contributed by atoms with van der Waals surface area (Å²) < 4.78 is 13.0. The van der Waals surface area contributed by atoms with Crippen LogP contribution in [0.15, 0.2) is 103 Å². The number of fused-ring (bicyclic) bond motifs is 1. The normalized spacial score (nSPS) is 16.9. The van der Waals surface area contributed by atoms with E-state index in [1.54, 1.807) is 0 Å². The number of para-hydroxylation sites is 2. The SMILES string of the molecule is CC1Cc2c(OCc3ccc4ccccc4n3)ccc3c2C(=C(COc2ccccc2CC(=O)O)C3Cc2ccc(Cl)cc2)S1. The van der Waals surface area contributed by atoms with Crippen LogP contribution in [0.3, 0.4) is 0 Å². The Balaban J connectivity index is 1.24. The van der Waals surface area contributed by atoms with Gasteiger partial charge in [0.05, 0.1) is 17.6 Å². The van der Waals surface area contributed by atoms with Crippen molar-refractivity contribution in [2.75, 3.05) is 6.61 Å². The summed E-state index contributed by atoms with van der Waals surface area (Å²) in [6.07, 6.45) is 1.62. The number of nitrogens with zero attached hydrogens (tertiary/aromatic N) is 1. The summed E-state index contributed by atoms with van der Waals surface area (Å²) in [5, 5.41) is 11.6. The van der Waals surface area contributed by atoms with Crippen molar-refractivity contribution in [3.63, 3.8) is 0 Å². The molecule has 0 bridgehead atoms. The summed E-state index contributed by atoms with van der Waals surface area (Å²) in [4.78, 5) is 17.6. The molecule has 0 radical (unpaired) electrons.